The number of hydrogen-bond donors (Lipinski definition) is 1. The van der Waals surface area contributed by atoms with Gasteiger partial charge < -0.3 is 14.9 Å². The Morgan fingerprint density at radius 1 is 1.16 bits per heavy atom. The number of nitriles is 1. The van der Waals surface area contributed by atoms with Crippen LogP contribution in [0.5, 0.6) is 5.75 Å². The van der Waals surface area contributed by atoms with Crippen LogP contribution in [0.2, 0.25) is 0 Å². The number of carbonyl (C=O) groups excluding carboxylic acids is 1. The number of halogens is 2. The number of benzene rings is 3. The minimum Gasteiger partial charge on any atom is -0.483 e. The van der Waals surface area contributed by atoms with Crippen molar-refractivity contribution in [2.24, 2.45) is 5.16 Å². The number of oxime groups is 1. The van der Waals surface area contributed by atoms with E-state index >= 15 is 0 Å². The topological polar surface area (TPSA) is 83.7 Å². The lowest BCUT2D eigenvalue weighted by atomic mass is 10.1. The summed E-state index contributed by atoms with van der Waals surface area (Å²) in [4.78, 5) is 17.3. The van der Waals surface area contributed by atoms with Gasteiger partial charge in [-0.05, 0) is 70.0 Å². The van der Waals surface area contributed by atoms with E-state index in [0.29, 0.717) is 21.5 Å². The van der Waals surface area contributed by atoms with Gasteiger partial charge in [0.25, 0.3) is 5.91 Å². The first kappa shape index (κ1) is 22.0. The van der Waals surface area contributed by atoms with E-state index in [2.05, 4.69) is 32.5 Å². The first-order chi connectivity index (χ1) is 15.0. The van der Waals surface area contributed by atoms with Gasteiger partial charge in [0.15, 0.2) is 6.61 Å². The van der Waals surface area contributed by atoms with Crippen LogP contribution in [0, 0.1) is 17.1 Å². The maximum absolute atomic E-state index is 12.9. The number of carbonyl (C=O) groups is 1. The van der Waals surface area contributed by atoms with Gasteiger partial charge in [0.05, 0.1) is 22.3 Å². The Morgan fingerprint density at radius 3 is 2.68 bits per heavy atom. The molecule has 156 valence electrons. The van der Waals surface area contributed by atoms with Crippen LogP contribution in [0.25, 0.3) is 0 Å². The minimum absolute atomic E-state index is 0.186. The SMILES string of the molecule is N#Cc1ccccc1CO/N=C\c1ccc(OCC(=O)Nc2ccc(F)cc2)c(Br)c1. The molecule has 0 aliphatic carbocycles. The normalized spacial score (nSPS) is 10.5. The Hall–Kier alpha value is -3.70. The molecule has 6 nitrogen and oxygen atoms in total. The third-order valence-electron chi connectivity index (χ3n) is 4.08. The van der Waals surface area contributed by atoms with Gasteiger partial charge >= 0.3 is 0 Å². The van der Waals surface area contributed by atoms with E-state index in [9.17, 15) is 9.18 Å². The summed E-state index contributed by atoms with van der Waals surface area (Å²) >= 11 is 3.40. The molecule has 0 bridgehead atoms. The van der Waals surface area contributed by atoms with Crippen LogP contribution in [-0.4, -0.2) is 18.7 Å². The fourth-order valence-corrected chi connectivity index (χ4v) is 3.06. The van der Waals surface area contributed by atoms with E-state index in [0.717, 1.165) is 11.1 Å². The zero-order chi connectivity index (χ0) is 22.1. The number of nitrogens with one attached hydrogen (secondary N) is 1. The van der Waals surface area contributed by atoms with Crippen molar-refractivity contribution in [3.05, 3.63) is 93.7 Å². The van der Waals surface area contributed by atoms with Crippen molar-refractivity contribution >= 4 is 33.7 Å². The average Bonchev–Trinajstić information content (AvgIpc) is 2.78. The molecular formula is C23H17BrFN3O3. The lowest BCUT2D eigenvalue weighted by Gasteiger charge is -2.09. The van der Waals surface area contributed by atoms with Crippen molar-refractivity contribution < 1.29 is 18.8 Å². The van der Waals surface area contributed by atoms with Crippen LogP contribution in [0.3, 0.4) is 0 Å². The minimum atomic E-state index is -0.376. The molecule has 0 heterocycles. The number of rotatable bonds is 8. The molecular weight excluding hydrogens is 465 g/mol. The summed E-state index contributed by atoms with van der Waals surface area (Å²) in [6.07, 6.45) is 1.53. The fourth-order valence-electron chi connectivity index (χ4n) is 2.55. The summed E-state index contributed by atoms with van der Waals surface area (Å²) in [5.41, 5.74) is 2.54. The van der Waals surface area contributed by atoms with Crippen molar-refractivity contribution in [1.29, 1.82) is 5.26 Å². The highest BCUT2D eigenvalue weighted by Gasteiger charge is 2.07. The first-order valence-corrected chi connectivity index (χ1v) is 9.95. The number of amides is 1. The molecule has 0 fully saturated rings. The molecule has 0 atom stereocenters. The third-order valence-corrected chi connectivity index (χ3v) is 4.70. The molecule has 3 aromatic carbocycles. The molecule has 0 unspecified atom stereocenters. The fraction of sp³-hybridized carbons (Fsp3) is 0.0870. The van der Waals surface area contributed by atoms with Crippen LogP contribution in [0.1, 0.15) is 16.7 Å². The van der Waals surface area contributed by atoms with E-state index < -0.39 is 0 Å². The van der Waals surface area contributed by atoms with E-state index in [1.165, 1.54) is 30.5 Å². The van der Waals surface area contributed by atoms with Gasteiger partial charge in [-0.2, -0.15) is 5.26 Å². The smallest absolute Gasteiger partial charge is 0.262 e. The number of hydrogen-bond acceptors (Lipinski definition) is 5. The average molecular weight is 482 g/mol. The van der Waals surface area contributed by atoms with E-state index in [-0.39, 0.29) is 24.9 Å². The summed E-state index contributed by atoms with van der Waals surface area (Å²) in [7, 11) is 0. The van der Waals surface area contributed by atoms with Crippen LogP contribution >= 0.6 is 15.9 Å². The van der Waals surface area contributed by atoms with Gasteiger partial charge in [-0.3, -0.25) is 4.79 Å². The Bertz CT molecular complexity index is 1130. The van der Waals surface area contributed by atoms with Gasteiger partial charge in [0, 0.05) is 11.3 Å². The Balaban J connectivity index is 1.50. The molecule has 0 saturated heterocycles. The van der Waals surface area contributed by atoms with Gasteiger partial charge in [-0.25, -0.2) is 4.39 Å². The summed E-state index contributed by atoms with van der Waals surface area (Å²) in [6.45, 7) is -0.0173. The monoisotopic (exact) mass is 481 g/mol. The summed E-state index contributed by atoms with van der Waals surface area (Å²) < 4.78 is 19.1. The highest BCUT2D eigenvalue weighted by Crippen LogP contribution is 2.25. The number of ether oxygens (including phenoxy) is 1. The van der Waals surface area contributed by atoms with Crippen LogP contribution in [-0.2, 0) is 16.2 Å². The van der Waals surface area contributed by atoms with Gasteiger partial charge in [0.1, 0.15) is 18.2 Å². The van der Waals surface area contributed by atoms with Crippen LogP contribution in [0.15, 0.2) is 76.4 Å². The van der Waals surface area contributed by atoms with Gasteiger partial charge in [-0.1, -0.05) is 23.4 Å². The molecule has 31 heavy (non-hydrogen) atoms. The number of nitrogens with zero attached hydrogens (tertiary/aromatic N) is 2. The second kappa shape index (κ2) is 10.9. The molecule has 0 aliphatic rings. The first-order valence-electron chi connectivity index (χ1n) is 9.16. The standard InChI is InChI=1S/C23H17BrFN3O3/c24-21-11-16(13-27-31-14-18-4-2-1-3-17(18)12-26)5-10-22(21)30-15-23(29)28-20-8-6-19(25)7-9-20/h1-11,13H,14-15H2,(H,28,29)/b27-13-. The van der Waals surface area contributed by atoms with E-state index in [4.69, 9.17) is 14.8 Å². The summed E-state index contributed by atoms with van der Waals surface area (Å²) in [5.74, 6) is -0.260. The molecule has 1 amide bonds. The van der Waals surface area contributed by atoms with E-state index in [1.54, 1.807) is 30.3 Å². The highest BCUT2D eigenvalue weighted by molar-refractivity contribution is 9.10. The zero-order valence-electron chi connectivity index (χ0n) is 16.2. The molecule has 0 saturated carbocycles. The van der Waals surface area contributed by atoms with Gasteiger partial charge in [-0.15, -0.1) is 0 Å². The van der Waals surface area contributed by atoms with Crippen molar-refractivity contribution in [3.8, 4) is 11.8 Å². The van der Waals surface area contributed by atoms with Crippen LogP contribution in [0.4, 0.5) is 10.1 Å². The van der Waals surface area contributed by atoms with Crippen molar-refractivity contribution in [3.63, 3.8) is 0 Å². The van der Waals surface area contributed by atoms with E-state index in [1.807, 2.05) is 12.1 Å². The lowest BCUT2D eigenvalue weighted by molar-refractivity contribution is -0.118. The molecule has 1 N–H and O–H groups in total. The molecule has 0 aliphatic heterocycles. The Kier molecular flexibility index (Phi) is 7.73. The van der Waals surface area contributed by atoms with Gasteiger partial charge in [0.2, 0.25) is 0 Å². The predicted octanol–water partition coefficient (Wildman–Crippen LogP) is 5.03. The molecule has 0 radical (unpaired) electrons. The maximum Gasteiger partial charge on any atom is 0.262 e. The summed E-state index contributed by atoms with van der Waals surface area (Å²) in [6, 6.07) is 19.9. The molecule has 8 heteroatoms. The molecule has 0 spiro atoms. The third kappa shape index (κ3) is 6.66. The quantitative estimate of drug-likeness (QED) is 0.361. The maximum atomic E-state index is 12.9. The molecule has 0 aromatic heterocycles. The molecule has 3 aromatic rings. The lowest BCUT2D eigenvalue weighted by Crippen LogP contribution is -2.20. The van der Waals surface area contributed by atoms with Crippen molar-refractivity contribution in [2.75, 3.05) is 11.9 Å². The zero-order valence-corrected chi connectivity index (χ0v) is 17.8. The highest BCUT2D eigenvalue weighted by atomic mass is 79.9. The number of anilines is 1. The van der Waals surface area contributed by atoms with Crippen molar-refractivity contribution in [1.82, 2.24) is 0 Å². The summed E-state index contributed by atoms with van der Waals surface area (Å²) in [5, 5.41) is 15.6. The second-order valence-corrected chi connectivity index (χ2v) is 7.16. The van der Waals surface area contributed by atoms with Crippen LogP contribution < -0.4 is 10.1 Å². The largest absolute Gasteiger partial charge is 0.483 e. The predicted molar refractivity (Wildman–Crippen MR) is 118 cm³/mol. The Labute approximate surface area is 187 Å². The molecule has 3 rings (SSSR count). The second-order valence-electron chi connectivity index (χ2n) is 6.31. The Morgan fingerprint density at radius 2 is 1.94 bits per heavy atom. The van der Waals surface area contributed by atoms with Crippen molar-refractivity contribution in [2.45, 2.75) is 6.61 Å².